The van der Waals surface area contributed by atoms with E-state index in [0.29, 0.717) is 15.6 Å². The minimum atomic E-state index is -0.666. The molecule has 1 aromatic carbocycles. The average molecular weight is 248 g/mol. The van der Waals surface area contributed by atoms with Crippen molar-refractivity contribution in [3.8, 4) is 0 Å². The highest BCUT2D eigenvalue weighted by atomic mass is 35.5. The second-order valence-electron chi connectivity index (χ2n) is 2.95. The molecule has 0 N–H and O–H groups in total. The number of nitro groups is 1. The zero-order valence-corrected chi connectivity index (χ0v) is 9.09. The van der Waals surface area contributed by atoms with Crippen molar-refractivity contribution in [1.29, 1.82) is 0 Å². The summed E-state index contributed by atoms with van der Waals surface area (Å²) in [5.74, 6) is -0.460. The number of hydrogen-bond acceptors (Lipinski definition) is 3. The Morgan fingerprint density at radius 2 is 2.00 bits per heavy atom. The number of rotatable bonds is 4. The van der Waals surface area contributed by atoms with E-state index in [1.165, 1.54) is 6.07 Å². The van der Waals surface area contributed by atoms with Gasteiger partial charge in [0, 0.05) is 11.3 Å². The van der Waals surface area contributed by atoms with Gasteiger partial charge in [0.15, 0.2) is 0 Å². The molecule has 0 spiro atoms. The van der Waals surface area contributed by atoms with E-state index >= 15 is 0 Å². The highest BCUT2D eigenvalue weighted by Crippen LogP contribution is 2.22. The van der Waals surface area contributed by atoms with Gasteiger partial charge in [0.1, 0.15) is 0 Å². The fourth-order valence-electron chi connectivity index (χ4n) is 1.08. The van der Waals surface area contributed by atoms with Crippen molar-refractivity contribution in [1.82, 2.24) is 0 Å². The van der Waals surface area contributed by atoms with E-state index in [2.05, 4.69) is 0 Å². The van der Waals surface area contributed by atoms with Crippen LogP contribution < -0.4 is 0 Å². The van der Waals surface area contributed by atoms with Crippen LogP contribution in [0.2, 0.25) is 10.0 Å². The molecule has 0 atom stereocenters. The first-order chi connectivity index (χ1) is 6.99. The molecule has 0 heterocycles. The van der Waals surface area contributed by atoms with Crippen molar-refractivity contribution < 1.29 is 9.72 Å². The molecule has 4 nitrogen and oxygen atoms in total. The SMILES string of the molecule is O=C(Cc1ccc(Cl)c(Cl)c1)C[N+](=O)[O-]. The maximum absolute atomic E-state index is 11.1. The zero-order chi connectivity index (χ0) is 11.4. The monoisotopic (exact) mass is 247 g/mol. The third kappa shape index (κ3) is 3.85. The van der Waals surface area contributed by atoms with Gasteiger partial charge in [-0.1, -0.05) is 29.3 Å². The Morgan fingerprint density at radius 3 is 2.53 bits per heavy atom. The summed E-state index contributed by atoms with van der Waals surface area (Å²) in [5, 5.41) is 10.8. The van der Waals surface area contributed by atoms with Crippen LogP contribution in [0, 0.1) is 10.1 Å². The first-order valence-electron chi connectivity index (χ1n) is 4.06. The van der Waals surface area contributed by atoms with Gasteiger partial charge in [-0.2, -0.15) is 0 Å². The topological polar surface area (TPSA) is 60.2 Å². The summed E-state index contributed by atoms with van der Waals surface area (Å²) in [4.78, 5) is 20.5. The summed E-state index contributed by atoms with van der Waals surface area (Å²) in [5.41, 5.74) is 0.622. The van der Waals surface area contributed by atoms with E-state index in [4.69, 9.17) is 23.2 Å². The van der Waals surface area contributed by atoms with Crippen molar-refractivity contribution in [2.24, 2.45) is 0 Å². The molecule has 80 valence electrons. The van der Waals surface area contributed by atoms with E-state index < -0.39 is 17.3 Å². The maximum Gasteiger partial charge on any atom is 0.261 e. The number of nitrogens with zero attached hydrogens (tertiary/aromatic N) is 1. The van der Waals surface area contributed by atoms with Gasteiger partial charge in [-0.3, -0.25) is 14.9 Å². The number of halogens is 2. The first-order valence-corrected chi connectivity index (χ1v) is 4.82. The van der Waals surface area contributed by atoms with Gasteiger partial charge < -0.3 is 0 Å². The minimum absolute atomic E-state index is 0.00211. The highest BCUT2D eigenvalue weighted by molar-refractivity contribution is 6.42. The molecule has 0 unspecified atom stereocenters. The van der Waals surface area contributed by atoms with Crippen LogP contribution in [0.5, 0.6) is 0 Å². The van der Waals surface area contributed by atoms with E-state index in [0.717, 1.165) is 0 Å². The van der Waals surface area contributed by atoms with E-state index in [9.17, 15) is 14.9 Å². The Labute approximate surface area is 95.9 Å². The Kier molecular flexibility index (Phi) is 4.05. The predicted molar refractivity (Wildman–Crippen MR) is 57.0 cm³/mol. The van der Waals surface area contributed by atoms with Crippen molar-refractivity contribution in [2.45, 2.75) is 6.42 Å². The summed E-state index contributed by atoms with van der Waals surface area (Å²) in [6.07, 6.45) is -0.00211. The van der Waals surface area contributed by atoms with Crippen LogP contribution in [-0.2, 0) is 11.2 Å². The smallest absolute Gasteiger partial charge is 0.261 e. The number of Topliss-reactive ketones (excluding diaryl/α,β-unsaturated/α-hetero) is 1. The summed E-state index contributed by atoms with van der Waals surface area (Å²) >= 11 is 11.4. The molecule has 0 aliphatic carbocycles. The van der Waals surface area contributed by atoms with Gasteiger partial charge in [0.25, 0.3) is 6.54 Å². The summed E-state index contributed by atoms with van der Waals surface area (Å²) < 4.78 is 0. The molecule has 0 aliphatic rings. The van der Waals surface area contributed by atoms with Gasteiger partial charge in [0.05, 0.1) is 10.0 Å². The van der Waals surface area contributed by atoms with E-state index in [1.54, 1.807) is 12.1 Å². The quantitative estimate of drug-likeness (QED) is 0.607. The zero-order valence-electron chi connectivity index (χ0n) is 7.57. The fourth-order valence-corrected chi connectivity index (χ4v) is 1.40. The lowest BCUT2D eigenvalue weighted by molar-refractivity contribution is -0.467. The Hall–Kier alpha value is -1.13. The standard InChI is InChI=1S/C9H7Cl2NO3/c10-8-2-1-6(4-9(8)11)3-7(13)5-12(14)15/h1-2,4H,3,5H2. The molecule has 6 heteroatoms. The van der Waals surface area contributed by atoms with Crippen LogP contribution in [0.1, 0.15) is 5.56 Å². The molecule has 0 aromatic heterocycles. The molecule has 0 bridgehead atoms. The number of hydrogen-bond donors (Lipinski definition) is 0. The normalized spacial score (nSPS) is 10.0. The lowest BCUT2D eigenvalue weighted by Gasteiger charge is -2.00. The molecular formula is C9H7Cl2NO3. The molecule has 1 aromatic rings. The van der Waals surface area contributed by atoms with E-state index in [-0.39, 0.29) is 6.42 Å². The van der Waals surface area contributed by atoms with Gasteiger partial charge >= 0.3 is 0 Å². The summed E-state index contributed by atoms with van der Waals surface area (Å²) in [6, 6.07) is 4.70. The van der Waals surface area contributed by atoms with Crippen molar-refractivity contribution in [3.63, 3.8) is 0 Å². The first kappa shape index (κ1) is 11.9. The molecule has 0 fully saturated rings. The number of carbonyl (C=O) groups excluding carboxylic acids is 1. The predicted octanol–water partition coefficient (Wildman–Crippen LogP) is 2.38. The third-order valence-corrected chi connectivity index (χ3v) is 2.43. The van der Waals surface area contributed by atoms with Gasteiger partial charge in [-0.15, -0.1) is 0 Å². The fraction of sp³-hybridized carbons (Fsp3) is 0.222. The van der Waals surface area contributed by atoms with Crippen LogP contribution in [0.4, 0.5) is 0 Å². The molecule has 0 radical (unpaired) electrons. The maximum atomic E-state index is 11.1. The van der Waals surface area contributed by atoms with E-state index in [1.807, 2.05) is 0 Å². The molecule has 0 amide bonds. The van der Waals surface area contributed by atoms with Crippen LogP contribution in [0.15, 0.2) is 18.2 Å². The minimum Gasteiger partial charge on any atom is -0.292 e. The van der Waals surface area contributed by atoms with Crippen molar-refractivity contribution in [3.05, 3.63) is 43.9 Å². The average Bonchev–Trinajstić information content (AvgIpc) is 2.10. The van der Waals surface area contributed by atoms with Gasteiger partial charge in [0.2, 0.25) is 5.78 Å². The second-order valence-corrected chi connectivity index (χ2v) is 3.77. The van der Waals surface area contributed by atoms with Gasteiger partial charge in [-0.25, -0.2) is 0 Å². The van der Waals surface area contributed by atoms with Crippen LogP contribution in [0.3, 0.4) is 0 Å². The summed E-state index contributed by atoms with van der Waals surface area (Å²) in [7, 11) is 0. The lowest BCUT2D eigenvalue weighted by atomic mass is 10.1. The third-order valence-electron chi connectivity index (χ3n) is 1.69. The number of benzene rings is 1. The molecule has 15 heavy (non-hydrogen) atoms. The highest BCUT2D eigenvalue weighted by Gasteiger charge is 2.11. The molecular weight excluding hydrogens is 241 g/mol. The molecule has 0 saturated carbocycles. The number of carbonyl (C=O) groups is 1. The lowest BCUT2D eigenvalue weighted by Crippen LogP contribution is -2.15. The number of ketones is 1. The Bertz CT molecular complexity index is 406. The van der Waals surface area contributed by atoms with Crippen molar-refractivity contribution >= 4 is 29.0 Å². The Morgan fingerprint density at radius 1 is 1.33 bits per heavy atom. The second kappa shape index (κ2) is 5.09. The summed E-state index contributed by atoms with van der Waals surface area (Å²) in [6.45, 7) is -0.666. The van der Waals surface area contributed by atoms with Crippen LogP contribution in [0.25, 0.3) is 0 Å². The van der Waals surface area contributed by atoms with Crippen LogP contribution in [-0.4, -0.2) is 17.3 Å². The molecule has 1 rings (SSSR count). The van der Waals surface area contributed by atoms with Gasteiger partial charge in [-0.05, 0) is 17.7 Å². The molecule has 0 saturated heterocycles. The molecule has 0 aliphatic heterocycles. The van der Waals surface area contributed by atoms with Crippen LogP contribution >= 0.6 is 23.2 Å². The largest absolute Gasteiger partial charge is 0.292 e. The Balaban J connectivity index is 2.69. The van der Waals surface area contributed by atoms with Crippen molar-refractivity contribution in [2.75, 3.05) is 6.54 Å².